The highest BCUT2D eigenvalue weighted by molar-refractivity contribution is 5.44. The van der Waals surface area contributed by atoms with Gasteiger partial charge >= 0.3 is 0 Å². The van der Waals surface area contributed by atoms with Crippen molar-refractivity contribution in [3.8, 4) is 5.75 Å². The first-order chi connectivity index (χ1) is 7.54. The van der Waals surface area contributed by atoms with Crippen molar-refractivity contribution < 1.29 is 9.66 Å². The summed E-state index contributed by atoms with van der Waals surface area (Å²) in [6.45, 7) is 8.29. The van der Waals surface area contributed by atoms with E-state index in [0.717, 1.165) is 12.0 Å². The average Bonchev–Trinajstić information content (AvgIpc) is 2.25. The van der Waals surface area contributed by atoms with E-state index < -0.39 is 4.92 Å². The predicted molar refractivity (Wildman–Crippen MR) is 62.7 cm³/mol. The zero-order valence-corrected chi connectivity index (χ0v) is 9.60. The zero-order valence-electron chi connectivity index (χ0n) is 9.60. The third-order valence-electron chi connectivity index (χ3n) is 2.17. The van der Waals surface area contributed by atoms with Gasteiger partial charge in [-0.1, -0.05) is 13.8 Å². The highest BCUT2D eigenvalue weighted by Crippen LogP contribution is 2.27. The van der Waals surface area contributed by atoms with Gasteiger partial charge < -0.3 is 4.74 Å². The second-order valence-electron chi connectivity index (χ2n) is 3.77. The molecule has 4 nitrogen and oxygen atoms in total. The minimum atomic E-state index is -0.412. The number of rotatable bonds is 5. The summed E-state index contributed by atoms with van der Waals surface area (Å²) in [5.74, 6) is 0.547. The average molecular weight is 222 g/mol. The first-order valence-electron chi connectivity index (χ1n) is 5.29. The Morgan fingerprint density at radius 2 is 2.19 bits per heavy atom. The van der Waals surface area contributed by atoms with E-state index in [2.05, 4.69) is 6.92 Å². The van der Waals surface area contributed by atoms with Gasteiger partial charge in [0.05, 0.1) is 17.6 Å². The van der Waals surface area contributed by atoms with Crippen LogP contribution < -0.4 is 4.74 Å². The Balaban J connectivity index is 3.03. The van der Waals surface area contributed by atoms with E-state index >= 15 is 0 Å². The molecule has 1 unspecified atom stereocenters. The molecule has 1 atom stereocenters. The highest BCUT2D eigenvalue weighted by atomic mass is 16.6. The summed E-state index contributed by atoms with van der Waals surface area (Å²) in [5, 5.41) is 10.7. The summed E-state index contributed by atoms with van der Waals surface area (Å²) >= 11 is 0. The lowest BCUT2D eigenvalue weighted by Crippen LogP contribution is -1.99. The molecule has 0 saturated carbocycles. The van der Waals surface area contributed by atoms with Gasteiger partial charge in [-0.15, -0.1) is 0 Å². The van der Waals surface area contributed by atoms with Crippen LogP contribution in [-0.4, -0.2) is 11.5 Å². The summed E-state index contributed by atoms with van der Waals surface area (Å²) in [5.41, 5.74) is 0.874. The largest absolute Gasteiger partial charge is 0.493 e. The number of nitro groups is 1. The normalized spacial score (nSPS) is 10.5. The third-order valence-corrected chi connectivity index (χ3v) is 2.17. The fraction of sp³-hybridized carbons (Fsp3) is 0.417. The molecular weight excluding hydrogens is 206 g/mol. The van der Waals surface area contributed by atoms with Crippen LogP contribution in [0.5, 0.6) is 5.75 Å². The highest BCUT2D eigenvalue weighted by Gasteiger charge is 2.12. The first-order valence-corrected chi connectivity index (χ1v) is 5.29. The van der Waals surface area contributed by atoms with Crippen molar-refractivity contribution in [2.45, 2.75) is 26.2 Å². The Bertz CT molecular complexity index is 375. The van der Waals surface area contributed by atoms with Crippen molar-refractivity contribution in [1.29, 1.82) is 0 Å². The molecule has 0 aliphatic rings. The maximum absolute atomic E-state index is 10.7. The van der Waals surface area contributed by atoms with Gasteiger partial charge in [-0.05, 0) is 30.9 Å². The number of hydrogen-bond acceptors (Lipinski definition) is 3. The second kappa shape index (κ2) is 5.49. The van der Waals surface area contributed by atoms with Crippen LogP contribution in [0.25, 0.3) is 0 Å². The molecule has 0 amide bonds. The smallest absolute Gasteiger partial charge is 0.273 e. The van der Waals surface area contributed by atoms with Gasteiger partial charge in [0.25, 0.3) is 5.69 Å². The zero-order chi connectivity index (χ0) is 12.1. The van der Waals surface area contributed by atoms with Crippen molar-refractivity contribution in [1.82, 2.24) is 0 Å². The molecule has 4 heteroatoms. The molecule has 0 saturated heterocycles. The molecule has 16 heavy (non-hydrogen) atoms. The number of ether oxygens (including phenoxy) is 1. The SMILES string of the molecule is [CH2]C(C)c1cc(OCCC)cc([N+](=O)[O-])c1. The lowest BCUT2D eigenvalue weighted by atomic mass is 10.0. The van der Waals surface area contributed by atoms with Crippen molar-refractivity contribution in [2.75, 3.05) is 6.61 Å². The van der Waals surface area contributed by atoms with Crippen LogP contribution in [-0.2, 0) is 0 Å². The Hall–Kier alpha value is -1.58. The molecule has 0 bridgehead atoms. The fourth-order valence-electron chi connectivity index (χ4n) is 1.30. The van der Waals surface area contributed by atoms with E-state index in [0.29, 0.717) is 12.4 Å². The van der Waals surface area contributed by atoms with Gasteiger partial charge in [-0.25, -0.2) is 0 Å². The molecule has 1 aromatic carbocycles. The Kier molecular flexibility index (Phi) is 4.28. The summed E-state index contributed by atoms with van der Waals surface area (Å²) < 4.78 is 5.40. The molecule has 0 aromatic heterocycles. The molecule has 1 rings (SSSR count). The van der Waals surface area contributed by atoms with E-state index in [4.69, 9.17) is 4.74 Å². The number of nitro benzene ring substituents is 1. The monoisotopic (exact) mass is 222 g/mol. The summed E-state index contributed by atoms with van der Waals surface area (Å²) in [6.07, 6.45) is 0.873. The van der Waals surface area contributed by atoms with E-state index in [1.165, 1.54) is 12.1 Å². The van der Waals surface area contributed by atoms with Gasteiger partial charge in [0.1, 0.15) is 5.75 Å². The van der Waals surface area contributed by atoms with Crippen LogP contribution in [0.1, 0.15) is 31.7 Å². The lowest BCUT2D eigenvalue weighted by molar-refractivity contribution is -0.385. The van der Waals surface area contributed by atoms with Crippen molar-refractivity contribution >= 4 is 5.69 Å². The Morgan fingerprint density at radius 3 is 2.69 bits per heavy atom. The van der Waals surface area contributed by atoms with Crippen LogP contribution in [0.4, 0.5) is 5.69 Å². The summed E-state index contributed by atoms with van der Waals surface area (Å²) in [4.78, 5) is 10.3. The molecule has 87 valence electrons. The number of hydrogen-bond donors (Lipinski definition) is 0. The van der Waals surface area contributed by atoms with Gasteiger partial charge in [0.15, 0.2) is 0 Å². The van der Waals surface area contributed by atoms with Crippen molar-refractivity contribution in [3.63, 3.8) is 0 Å². The van der Waals surface area contributed by atoms with Crippen molar-refractivity contribution in [3.05, 3.63) is 40.8 Å². The topological polar surface area (TPSA) is 52.4 Å². The molecular formula is C12H16NO3. The van der Waals surface area contributed by atoms with E-state index in [1.54, 1.807) is 6.07 Å². The molecule has 0 aliphatic heterocycles. The lowest BCUT2D eigenvalue weighted by Gasteiger charge is -2.09. The minimum Gasteiger partial charge on any atom is -0.493 e. The van der Waals surface area contributed by atoms with Crippen LogP contribution in [0.2, 0.25) is 0 Å². The molecule has 0 aliphatic carbocycles. The van der Waals surface area contributed by atoms with Crippen LogP contribution in [0, 0.1) is 17.0 Å². The van der Waals surface area contributed by atoms with Crippen LogP contribution >= 0.6 is 0 Å². The van der Waals surface area contributed by atoms with Crippen molar-refractivity contribution in [2.24, 2.45) is 0 Å². The molecule has 0 N–H and O–H groups in total. The molecule has 1 aromatic rings. The minimum absolute atomic E-state index is 0.00359. The van der Waals surface area contributed by atoms with Crippen LogP contribution in [0.3, 0.4) is 0 Å². The number of benzene rings is 1. The van der Waals surface area contributed by atoms with E-state index in [1.807, 2.05) is 13.8 Å². The molecule has 1 radical (unpaired) electrons. The van der Waals surface area contributed by atoms with Gasteiger partial charge in [0.2, 0.25) is 0 Å². The third kappa shape index (κ3) is 3.22. The van der Waals surface area contributed by atoms with Crippen LogP contribution in [0.15, 0.2) is 18.2 Å². The van der Waals surface area contributed by atoms with Gasteiger partial charge in [0, 0.05) is 6.07 Å². The fourth-order valence-corrected chi connectivity index (χ4v) is 1.30. The van der Waals surface area contributed by atoms with E-state index in [9.17, 15) is 10.1 Å². The quantitative estimate of drug-likeness (QED) is 0.567. The summed E-state index contributed by atoms with van der Waals surface area (Å²) in [6, 6.07) is 4.79. The van der Waals surface area contributed by atoms with Gasteiger partial charge in [-0.2, -0.15) is 0 Å². The molecule has 0 heterocycles. The Morgan fingerprint density at radius 1 is 1.50 bits per heavy atom. The summed E-state index contributed by atoms with van der Waals surface area (Å²) in [7, 11) is 0. The second-order valence-corrected chi connectivity index (χ2v) is 3.77. The Labute approximate surface area is 95.4 Å². The maximum atomic E-state index is 10.7. The molecule has 0 fully saturated rings. The number of non-ortho nitro benzene ring substituents is 1. The number of nitrogens with zero attached hydrogens (tertiary/aromatic N) is 1. The standard InChI is InChI=1S/C12H16NO3/c1-4-5-16-12-7-10(9(2)3)6-11(8-12)13(14)15/h6-9H,2,4-5H2,1,3H3. The predicted octanol–water partition coefficient (Wildman–Crippen LogP) is 3.32. The van der Waals surface area contributed by atoms with E-state index in [-0.39, 0.29) is 11.6 Å². The maximum Gasteiger partial charge on any atom is 0.273 e. The van der Waals surface area contributed by atoms with Gasteiger partial charge in [-0.3, -0.25) is 10.1 Å². The first kappa shape index (κ1) is 12.5. The molecule has 0 spiro atoms.